The number of para-hydroxylation sites is 2. The number of carbonyl (C=O) groups excluding carboxylic acids is 1. The van der Waals surface area contributed by atoms with E-state index in [1.54, 1.807) is 4.57 Å². The molecule has 35 heavy (non-hydrogen) atoms. The number of carbonyl (C=O) groups is 1. The zero-order valence-corrected chi connectivity index (χ0v) is 20.9. The molecule has 182 valence electrons. The first-order valence-corrected chi connectivity index (χ1v) is 13.5. The van der Waals surface area contributed by atoms with E-state index in [1.807, 2.05) is 63.9 Å². The molecule has 0 saturated heterocycles. The van der Waals surface area contributed by atoms with Crippen LogP contribution in [0.15, 0.2) is 64.5 Å². The Bertz CT molecular complexity index is 1380. The van der Waals surface area contributed by atoms with Gasteiger partial charge in [-0.2, -0.15) is 0 Å². The van der Waals surface area contributed by atoms with Crippen LogP contribution in [0.3, 0.4) is 0 Å². The van der Waals surface area contributed by atoms with Crippen LogP contribution in [-0.4, -0.2) is 36.9 Å². The number of benzene rings is 2. The van der Waals surface area contributed by atoms with Gasteiger partial charge in [-0.15, -0.1) is 10.2 Å². The van der Waals surface area contributed by atoms with E-state index in [9.17, 15) is 9.59 Å². The molecule has 2 aromatic carbocycles. The molecule has 1 aliphatic carbocycles. The summed E-state index contributed by atoms with van der Waals surface area (Å²) >= 11 is 1.39. The molecule has 1 fully saturated rings. The van der Waals surface area contributed by atoms with Gasteiger partial charge in [-0.05, 0) is 43.5 Å². The summed E-state index contributed by atoms with van der Waals surface area (Å²) in [6.07, 6.45) is 7.48. The third-order valence-electron chi connectivity index (χ3n) is 6.78. The summed E-state index contributed by atoms with van der Waals surface area (Å²) in [4.78, 5) is 28.7. The molecule has 2 heterocycles. The molecule has 7 nitrogen and oxygen atoms in total. The fourth-order valence-corrected chi connectivity index (χ4v) is 5.83. The minimum absolute atomic E-state index is 0.0471. The van der Waals surface area contributed by atoms with Crippen molar-refractivity contribution in [3.8, 4) is 0 Å². The van der Waals surface area contributed by atoms with Crippen LogP contribution < -0.4 is 10.5 Å². The molecule has 0 bridgehead atoms. The summed E-state index contributed by atoms with van der Waals surface area (Å²) in [7, 11) is 0. The number of nitrogens with zero attached hydrogens (tertiary/aromatic N) is 5. The first-order valence-electron chi connectivity index (χ1n) is 12.6. The Kier molecular flexibility index (Phi) is 7.18. The Hall–Kier alpha value is -3.13. The normalized spacial score (nSPS) is 14.5. The minimum Gasteiger partial charge on any atom is -0.309 e. The van der Waals surface area contributed by atoms with E-state index in [0.29, 0.717) is 22.9 Å². The molecule has 4 aromatic rings. The van der Waals surface area contributed by atoms with Crippen LogP contribution in [0.2, 0.25) is 0 Å². The summed E-state index contributed by atoms with van der Waals surface area (Å²) in [6, 6.07) is 17.8. The number of aromatic nitrogens is 4. The van der Waals surface area contributed by atoms with Gasteiger partial charge in [0.2, 0.25) is 11.7 Å². The van der Waals surface area contributed by atoms with E-state index in [1.165, 1.54) is 18.2 Å². The van der Waals surface area contributed by atoms with E-state index < -0.39 is 0 Å². The van der Waals surface area contributed by atoms with Crippen LogP contribution in [-0.2, 0) is 11.3 Å². The number of amides is 1. The van der Waals surface area contributed by atoms with Crippen molar-refractivity contribution in [1.29, 1.82) is 0 Å². The van der Waals surface area contributed by atoms with Crippen LogP contribution in [0.25, 0.3) is 16.7 Å². The van der Waals surface area contributed by atoms with Crippen molar-refractivity contribution >= 4 is 40.0 Å². The monoisotopic (exact) mass is 489 g/mol. The Balaban J connectivity index is 1.48. The highest BCUT2D eigenvalue weighted by atomic mass is 32.2. The smallest absolute Gasteiger partial charge is 0.262 e. The van der Waals surface area contributed by atoms with Gasteiger partial charge in [-0.1, -0.05) is 74.7 Å². The average Bonchev–Trinajstić information content (AvgIpc) is 3.33. The summed E-state index contributed by atoms with van der Waals surface area (Å²) in [5.74, 6) is 0.868. The number of anilines is 1. The highest BCUT2D eigenvalue weighted by Crippen LogP contribution is 2.29. The predicted molar refractivity (Wildman–Crippen MR) is 141 cm³/mol. The molecule has 5 rings (SSSR count). The van der Waals surface area contributed by atoms with Gasteiger partial charge in [0.1, 0.15) is 0 Å². The van der Waals surface area contributed by atoms with Crippen LogP contribution in [0, 0.1) is 0 Å². The average molecular weight is 490 g/mol. The Morgan fingerprint density at radius 2 is 1.77 bits per heavy atom. The number of fused-ring (bicyclic) bond motifs is 3. The van der Waals surface area contributed by atoms with Gasteiger partial charge in [0.25, 0.3) is 5.56 Å². The van der Waals surface area contributed by atoms with Gasteiger partial charge < -0.3 is 4.90 Å². The van der Waals surface area contributed by atoms with E-state index in [2.05, 4.69) is 17.1 Å². The maximum atomic E-state index is 13.6. The van der Waals surface area contributed by atoms with Crippen molar-refractivity contribution in [2.75, 3.05) is 10.7 Å². The summed E-state index contributed by atoms with van der Waals surface area (Å²) in [5, 5.41) is 10.1. The number of rotatable bonds is 8. The topological polar surface area (TPSA) is 72.5 Å². The largest absolute Gasteiger partial charge is 0.309 e. The van der Waals surface area contributed by atoms with Gasteiger partial charge in [-0.3, -0.25) is 18.6 Å². The second-order valence-corrected chi connectivity index (χ2v) is 10.1. The van der Waals surface area contributed by atoms with Gasteiger partial charge >= 0.3 is 0 Å². The van der Waals surface area contributed by atoms with Gasteiger partial charge in [0, 0.05) is 18.3 Å². The van der Waals surface area contributed by atoms with Crippen LogP contribution >= 0.6 is 11.8 Å². The SMILES string of the molecule is CCCCn1c(=O)c2ccccc2n2c(SCC(=O)N(c3ccccc3)C3CCCCC3)nnc12. The summed E-state index contributed by atoms with van der Waals surface area (Å²) in [5.41, 5.74) is 1.68. The van der Waals surface area contributed by atoms with Crippen molar-refractivity contribution in [3.05, 3.63) is 65.0 Å². The summed E-state index contributed by atoms with van der Waals surface area (Å²) in [6.45, 7) is 2.69. The van der Waals surface area contributed by atoms with E-state index in [4.69, 9.17) is 0 Å². The fourth-order valence-electron chi connectivity index (χ4n) is 5.03. The molecule has 2 aromatic heterocycles. The van der Waals surface area contributed by atoms with Crippen LogP contribution in [0.5, 0.6) is 0 Å². The maximum absolute atomic E-state index is 13.6. The van der Waals surface area contributed by atoms with Gasteiger partial charge in [-0.25, -0.2) is 0 Å². The second-order valence-electron chi connectivity index (χ2n) is 9.13. The van der Waals surface area contributed by atoms with Crippen molar-refractivity contribution in [3.63, 3.8) is 0 Å². The zero-order valence-electron chi connectivity index (χ0n) is 20.1. The molecule has 1 aliphatic rings. The third kappa shape index (κ3) is 4.72. The van der Waals surface area contributed by atoms with Crippen molar-refractivity contribution < 1.29 is 4.79 Å². The molecule has 0 aliphatic heterocycles. The van der Waals surface area contributed by atoms with Gasteiger partial charge in [0.15, 0.2) is 5.16 Å². The Morgan fingerprint density at radius 1 is 1.03 bits per heavy atom. The highest BCUT2D eigenvalue weighted by molar-refractivity contribution is 7.99. The molecule has 0 atom stereocenters. The molecule has 1 saturated carbocycles. The van der Waals surface area contributed by atoms with E-state index in [-0.39, 0.29) is 23.3 Å². The molecule has 0 spiro atoms. The predicted octanol–water partition coefficient (Wildman–Crippen LogP) is 5.30. The summed E-state index contributed by atoms with van der Waals surface area (Å²) < 4.78 is 3.64. The lowest BCUT2D eigenvalue weighted by molar-refractivity contribution is -0.116. The lowest BCUT2D eigenvalue weighted by Crippen LogP contribution is -2.42. The van der Waals surface area contributed by atoms with Gasteiger partial charge in [0.05, 0.1) is 16.7 Å². The molecular formula is C27H31N5O2S. The van der Waals surface area contributed by atoms with Crippen molar-refractivity contribution in [2.45, 2.75) is 69.6 Å². The number of hydrogen-bond donors (Lipinski definition) is 0. The zero-order chi connectivity index (χ0) is 24.2. The second kappa shape index (κ2) is 10.6. The highest BCUT2D eigenvalue weighted by Gasteiger charge is 2.27. The van der Waals surface area contributed by atoms with Crippen LogP contribution in [0.1, 0.15) is 51.9 Å². The lowest BCUT2D eigenvalue weighted by atomic mass is 9.93. The van der Waals surface area contributed by atoms with E-state index >= 15 is 0 Å². The molecule has 0 N–H and O–H groups in total. The third-order valence-corrected chi connectivity index (χ3v) is 7.69. The standard InChI is InChI=1S/C27H31N5O2S/c1-2-3-18-30-25(34)22-16-10-11-17-23(22)32-26(30)28-29-27(32)35-19-24(33)31(20-12-6-4-7-13-20)21-14-8-5-9-15-21/h4,6-7,10-13,16-17,21H,2-3,5,8-9,14-15,18-19H2,1H3. The first-order chi connectivity index (χ1) is 17.2. The lowest BCUT2D eigenvalue weighted by Gasteiger charge is -2.34. The number of thioether (sulfide) groups is 1. The van der Waals surface area contributed by atoms with E-state index in [0.717, 1.165) is 49.7 Å². The fraction of sp³-hybridized carbons (Fsp3) is 0.407. The quantitative estimate of drug-likeness (QED) is 0.314. The molecule has 8 heteroatoms. The van der Waals surface area contributed by atoms with Crippen molar-refractivity contribution in [2.24, 2.45) is 0 Å². The Labute approximate surface area is 209 Å². The number of unbranched alkanes of at least 4 members (excludes halogenated alkanes) is 1. The molecular weight excluding hydrogens is 458 g/mol. The number of hydrogen-bond acceptors (Lipinski definition) is 5. The molecule has 1 amide bonds. The molecule has 0 unspecified atom stereocenters. The first kappa shape index (κ1) is 23.6. The van der Waals surface area contributed by atoms with Crippen molar-refractivity contribution in [1.82, 2.24) is 19.2 Å². The van der Waals surface area contributed by atoms with Crippen LogP contribution in [0.4, 0.5) is 5.69 Å². The maximum Gasteiger partial charge on any atom is 0.262 e. The Morgan fingerprint density at radius 3 is 2.54 bits per heavy atom. The minimum atomic E-state index is -0.0471. The number of aryl methyl sites for hydroxylation is 1. The molecule has 0 radical (unpaired) electrons.